The van der Waals surface area contributed by atoms with Crippen LogP contribution < -0.4 is 0 Å². The molecule has 40 heteroatoms. The summed E-state index contributed by atoms with van der Waals surface area (Å²) in [7, 11) is 8.22. The summed E-state index contributed by atoms with van der Waals surface area (Å²) in [5.74, 6) is -21.9. The molecule has 0 atom stereocenters. The Kier molecular flexibility index (Phi) is 57.1. The minimum atomic E-state index is -5.38. The zero-order chi connectivity index (χ0) is 65.5. The molecular weight excluding hydrogens is 1170 g/mol. The van der Waals surface area contributed by atoms with E-state index in [2.05, 4.69) is 62.4 Å². The van der Waals surface area contributed by atoms with E-state index in [0.29, 0.717) is 7.11 Å². The maximum atomic E-state index is 11.6. The lowest BCUT2D eigenvalue weighted by molar-refractivity contribution is -0.150. The van der Waals surface area contributed by atoms with Crippen molar-refractivity contribution in [3.8, 4) is 0 Å². The molecule has 456 valence electrons. The summed E-state index contributed by atoms with van der Waals surface area (Å²) >= 11 is 0. The lowest BCUT2D eigenvalue weighted by Gasteiger charge is -2.06. The highest BCUT2D eigenvalue weighted by molar-refractivity contribution is 5.90. The highest BCUT2D eigenvalue weighted by Crippen LogP contribution is 2.30. The minimum Gasteiger partial charge on any atom is -0.466 e. The summed E-state index contributed by atoms with van der Waals surface area (Å²) in [6.07, 6.45) is -21.4. The van der Waals surface area contributed by atoms with Crippen molar-refractivity contribution in [1.29, 1.82) is 0 Å². The van der Waals surface area contributed by atoms with Gasteiger partial charge in [-0.3, -0.25) is 0 Å². The van der Waals surface area contributed by atoms with Crippen LogP contribution in [0.2, 0.25) is 0 Å². The molecule has 0 N–H and O–H groups in total. The van der Waals surface area contributed by atoms with Crippen LogP contribution in [0.15, 0.2) is 108 Å². The van der Waals surface area contributed by atoms with Crippen molar-refractivity contribution in [3.05, 3.63) is 108 Å². The van der Waals surface area contributed by atoms with Crippen molar-refractivity contribution in [2.75, 3.05) is 64.0 Å². The molecule has 0 aromatic carbocycles. The van der Waals surface area contributed by atoms with Crippen LogP contribution in [0.4, 0.5) is 96.6 Å². The van der Waals surface area contributed by atoms with Gasteiger partial charge in [-0.15, -0.1) is 0 Å². The Morgan fingerprint density at radius 1 is 0.329 bits per heavy atom. The summed E-state index contributed by atoms with van der Waals surface area (Å²) in [6.45, 7) is 8.87. The second-order valence-electron chi connectivity index (χ2n) is 10.3. The maximum absolute atomic E-state index is 11.6. The first-order chi connectivity index (χ1) is 35.8. The number of halogens is 22. The number of carbonyl (C=O) groups excluding carboxylic acids is 9. The number of rotatable bonds is 9. The standard InChI is InChI=1S/C5H3F5O2.C5H5F3O2.C5H6F2O2.2C4H3F3O2.2C4H4F2O2.2C4H5FO2/c1-12-4(11)2(3(6)7)5(8,9)10;1-3(4(9)10-2)5(6,7)8;1-3(4(6)7)5(8)9-2;2*1-9-4(8)2(5)3(6)7;2*1-8-4(7)3(6)2-5;2*1-3(5)4(6)7-2/h1H3;1H2,2H3;1-2H3;2*1H3;2*2H,1H3;2*1H2,2H3/b;;;;;2*3-2-;;. The van der Waals surface area contributed by atoms with E-state index in [1.54, 1.807) is 0 Å². The monoisotopic (exact) mass is 1210 g/mol. The Hall–Kier alpha value is -8.65. The van der Waals surface area contributed by atoms with Crippen LogP contribution >= 0.6 is 0 Å². The molecule has 18 nitrogen and oxygen atoms in total. The molecule has 0 rings (SSSR count). The molecule has 0 saturated carbocycles. The van der Waals surface area contributed by atoms with Crippen LogP contribution in [0, 0.1) is 0 Å². The van der Waals surface area contributed by atoms with Gasteiger partial charge in [0.25, 0.3) is 23.8 Å². The molecule has 0 aromatic heterocycles. The fraction of sp³-hybridized carbons (Fsp3) is 0.308. The summed E-state index contributed by atoms with van der Waals surface area (Å²) in [5, 5.41) is 0. The number of alkyl halides is 6. The Balaban J connectivity index is -0.000000100. The van der Waals surface area contributed by atoms with Crippen LogP contribution in [-0.2, 0) is 85.8 Å². The Labute approximate surface area is 428 Å². The summed E-state index contributed by atoms with van der Waals surface area (Å²) in [5.41, 5.74) is -4.70. The molecule has 0 bridgehead atoms. The van der Waals surface area contributed by atoms with Crippen molar-refractivity contribution in [2.24, 2.45) is 0 Å². The number of ether oxygens (including phenoxy) is 9. The van der Waals surface area contributed by atoms with E-state index >= 15 is 0 Å². The summed E-state index contributed by atoms with van der Waals surface area (Å²) < 4.78 is 284. The van der Waals surface area contributed by atoms with Gasteiger partial charge in [-0.1, -0.05) is 19.7 Å². The zero-order valence-corrected chi connectivity index (χ0v) is 40.9. The van der Waals surface area contributed by atoms with Crippen LogP contribution in [0.3, 0.4) is 0 Å². The van der Waals surface area contributed by atoms with Crippen LogP contribution in [0.25, 0.3) is 0 Å². The van der Waals surface area contributed by atoms with Gasteiger partial charge in [-0.05, 0) is 6.92 Å². The number of hydrogen-bond acceptors (Lipinski definition) is 18. The van der Waals surface area contributed by atoms with Gasteiger partial charge in [0.2, 0.25) is 28.9 Å². The van der Waals surface area contributed by atoms with Gasteiger partial charge < -0.3 is 42.6 Å². The first-order valence-corrected chi connectivity index (χ1v) is 17.5. The molecule has 0 radical (unpaired) electrons. The molecule has 0 saturated heterocycles. The first kappa shape index (κ1) is 89.9. The molecule has 0 unspecified atom stereocenters. The number of hydrogen-bond donors (Lipinski definition) is 0. The normalized spacial score (nSPS) is 9.52. The molecule has 0 aromatic rings. The third kappa shape index (κ3) is 52.6. The van der Waals surface area contributed by atoms with E-state index in [0.717, 1.165) is 63.8 Å². The van der Waals surface area contributed by atoms with Crippen LogP contribution in [-0.4, -0.2) is 130 Å². The van der Waals surface area contributed by atoms with Gasteiger partial charge in [-0.2, -0.15) is 87.8 Å². The first-order valence-electron chi connectivity index (χ1n) is 17.5. The topological polar surface area (TPSA) is 237 Å². The van der Waals surface area contributed by atoms with Crippen LogP contribution in [0.1, 0.15) is 6.92 Å². The molecule has 0 amide bonds. The van der Waals surface area contributed by atoms with Crippen molar-refractivity contribution in [1.82, 2.24) is 0 Å². The van der Waals surface area contributed by atoms with Crippen molar-refractivity contribution in [2.45, 2.75) is 19.3 Å². The van der Waals surface area contributed by atoms with E-state index in [9.17, 15) is 140 Å². The third-order valence-electron chi connectivity index (χ3n) is 5.24. The number of esters is 9. The molecule has 79 heavy (non-hydrogen) atoms. The van der Waals surface area contributed by atoms with Crippen LogP contribution in [0.5, 0.6) is 0 Å². The average Bonchev–Trinajstić information content (AvgIpc) is 3.39. The zero-order valence-electron chi connectivity index (χ0n) is 40.9. The fourth-order valence-electron chi connectivity index (χ4n) is 1.71. The average molecular weight is 1210 g/mol. The Bertz CT molecular complexity index is 2070. The molecule has 0 aliphatic carbocycles. The van der Waals surface area contributed by atoms with E-state index in [1.807, 2.05) is 0 Å². The fourth-order valence-corrected chi connectivity index (χ4v) is 1.71. The summed E-state index contributed by atoms with van der Waals surface area (Å²) in [4.78, 5) is 89.4. The predicted molar refractivity (Wildman–Crippen MR) is 215 cm³/mol. The number of methoxy groups -OCH3 is 9. The van der Waals surface area contributed by atoms with E-state index < -0.39 is 155 Å². The highest BCUT2D eigenvalue weighted by Gasteiger charge is 2.44. The van der Waals surface area contributed by atoms with Gasteiger partial charge >= 0.3 is 78.2 Å². The quantitative estimate of drug-likeness (QED) is 0.0903. The van der Waals surface area contributed by atoms with Gasteiger partial charge in [-0.25, -0.2) is 51.9 Å². The smallest absolute Gasteiger partial charge is 0.428 e. The van der Waals surface area contributed by atoms with Gasteiger partial charge in [0, 0.05) is 0 Å². The molecule has 0 heterocycles. The van der Waals surface area contributed by atoms with Gasteiger partial charge in [0.05, 0.1) is 69.6 Å². The van der Waals surface area contributed by atoms with Gasteiger partial charge in [0.15, 0.2) is 0 Å². The van der Waals surface area contributed by atoms with Crippen molar-refractivity contribution in [3.63, 3.8) is 0 Å². The van der Waals surface area contributed by atoms with Gasteiger partial charge in [0.1, 0.15) is 18.2 Å². The SMILES string of the molecule is C=C(C(=O)OC)C(F)(F)F.C=C(F)C(=O)OC.C=C(F)C(=O)OC.COC(=O)/C(F)=C/F.COC(=O)/C(F)=C/F.COC(=O)C(=C(F)F)C(F)(F)F.COC(=O)C(C)=C(F)F.COC(=O)C(F)=C(F)F.COC(=O)C(F)=C(F)F. The minimum absolute atomic E-state index is 0.453. The lowest BCUT2D eigenvalue weighted by Crippen LogP contribution is -2.22. The van der Waals surface area contributed by atoms with E-state index in [-0.39, 0.29) is 0 Å². The van der Waals surface area contributed by atoms with Crippen molar-refractivity contribution < 1.29 is 182 Å². The largest absolute Gasteiger partial charge is 0.466 e. The third-order valence-corrected chi connectivity index (χ3v) is 5.24. The Morgan fingerprint density at radius 2 is 0.570 bits per heavy atom. The number of carbonyl (C=O) groups is 9. The van der Waals surface area contributed by atoms with Crippen molar-refractivity contribution >= 4 is 53.7 Å². The molecule has 0 aliphatic rings. The Morgan fingerprint density at radius 3 is 0.633 bits per heavy atom. The summed E-state index contributed by atoms with van der Waals surface area (Å²) in [6, 6.07) is 0. The molecular formula is C39H38F22O18. The lowest BCUT2D eigenvalue weighted by atomic mass is 10.3. The van der Waals surface area contributed by atoms with E-state index in [1.165, 1.54) is 0 Å². The highest BCUT2D eigenvalue weighted by atomic mass is 19.4. The molecule has 0 spiro atoms. The molecule has 0 aliphatic heterocycles. The second kappa shape index (κ2) is 50.2. The second-order valence-corrected chi connectivity index (χ2v) is 10.3. The maximum Gasteiger partial charge on any atom is 0.428 e. The molecule has 0 fully saturated rings. The van der Waals surface area contributed by atoms with E-state index in [4.69, 9.17) is 0 Å². The predicted octanol–water partition coefficient (Wildman–Crippen LogP) is 10.1.